The second kappa shape index (κ2) is 9.55. The molecular formula is C14H20ClN3OS. The molecule has 0 atom stereocenters. The van der Waals surface area contributed by atoms with Gasteiger partial charge in [0.25, 0.3) is 0 Å². The highest BCUT2D eigenvalue weighted by Gasteiger charge is 2.03. The number of para-hydroxylation sites is 1. The number of thiocarbonyl (C=S) groups is 1. The fraction of sp³-hybridized carbons (Fsp3) is 0.429. The largest absolute Gasteiger partial charge is 0.330 e. The molecule has 0 radical (unpaired) electrons. The average Bonchev–Trinajstić information content (AvgIpc) is 2.44. The molecule has 0 aliphatic carbocycles. The number of unbranched alkanes of at least 4 members (excludes halogenated alkanes) is 3. The zero-order valence-electron chi connectivity index (χ0n) is 11.5. The first-order valence-electron chi connectivity index (χ1n) is 6.74. The molecular weight excluding hydrogens is 294 g/mol. The molecule has 6 heteroatoms. The quantitative estimate of drug-likeness (QED) is 0.426. The highest BCUT2D eigenvalue weighted by atomic mass is 35.5. The third kappa shape index (κ3) is 6.73. The van der Waals surface area contributed by atoms with Crippen molar-refractivity contribution in [3.63, 3.8) is 0 Å². The molecule has 0 spiro atoms. The van der Waals surface area contributed by atoms with E-state index >= 15 is 0 Å². The zero-order valence-corrected chi connectivity index (χ0v) is 13.1. The molecule has 0 unspecified atom stereocenters. The minimum Gasteiger partial charge on any atom is -0.330 e. The van der Waals surface area contributed by atoms with Gasteiger partial charge in [0.05, 0.1) is 10.7 Å². The molecule has 0 saturated heterocycles. The number of benzene rings is 1. The Morgan fingerprint density at radius 1 is 1.20 bits per heavy atom. The summed E-state index contributed by atoms with van der Waals surface area (Å²) in [7, 11) is 0. The Labute approximate surface area is 130 Å². The normalized spacial score (nSPS) is 9.90. The molecule has 4 nitrogen and oxygen atoms in total. The van der Waals surface area contributed by atoms with E-state index in [-0.39, 0.29) is 5.91 Å². The minimum absolute atomic E-state index is 0.0654. The van der Waals surface area contributed by atoms with Crippen LogP contribution >= 0.6 is 23.8 Å². The van der Waals surface area contributed by atoms with Gasteiger partial charge < -0.3 is 5.32 Å². The van der Waals surface area contributed by atoms with E-state index in [1.54, 1.807) is 6.07 Å². The summed E-state index contributed by atoms with van der Waals surface area (Å²) in [4.78, 5) is 11.5. The van der Waals surface area contributed by atoms with Crippen molar-refractivity contribution in [1.29, 1.82) is 0 Å². The summed E-state index contributed by atoms with van der Waals surface area (Å²) >= 11 is 11.1. The molecule has 1 aromatic carbocycles. The number of nitrogens with one attached hydrogen (secondary N) is 3. The van der Waals surface area contributed by atoms with Gasteiger partial charge in [-0.3, -0.25) is 15.6 Å². The van der Waals surface area contributed by atoms with E-state index in [2.05, 4.69) is 23.1 Å². The lowest BCUT2D eigenvalue weighted by Crippen LogP contribution is -2.43. The van der Waals surface area contributed by atoms with Gasteiger partial charge in [0.15, 0.2) is 5.11 Å². The Balaban J connectivity index is 2.23. The molecule has 0 aliphatic heterocycles. The van der Waals surface area contributed by atoms with Gasteiger partial charge in [0.2, 0.25) is 5.91 Å². The van der Waals surface area contributed by atoms with Crippen molar-refractivity contribution in [2.45, 2.75) is 39.0 Å². The molecule has 1 rings (SSSR count). The van der Waals surface area contributed by atoms with Crippen molar-refractivity contribution in [1.82, 2.24) is 10.9 Å². The van der Waals surface area contributed by atoms with Crippen LogP contribution in [0.1, 0.15) is 39.0 Å². The van der Waals surface area contributed by atoms with E-state index in [4.69, 9.17) is 23.8 Å². The van der Waals surface area contributed by atoms with Crippen molar-refractivity contribution in [3.8, 4) is 0 Å². The van der Waals surface area contributed by atoms with Crippen LogP contribution < -0.4 is 16.2 Å². The second-order valence-corrected chi connectivity index (χ2v) is 5.23. The minimum atomic E-state index is -0.0654. The highest BCUT2D eigenvalue weighted by Crippen LogP contribution is 2.19. The van der Waals surface area contributed by atoms with Gasteiger partial charge in [-0.05, 0) is 30.8 Å². The maximum Gasteiger partial charge on any atom is 0.238 e. The summed E-state index contributed by atoms with van der Waals surface area (Å²) < 4.78 is 0. The number of rotatable bonds is 6. The van der Waals surface area contributed by atoms with Gasteiger partial charge in [-0.15, -0.1) is 0 Å². The van der Waals surface area contributed by atoms with Crippen molar-refractivity contribution < 1.29 is 4.79 Å². The van der Waals surface area contributed by atoms with E-state index in [0.717, 1.165) is 25.7 Å². The average molecular weight is 314 g/mol. The van der Waals surface area contributed by atoms with Gasteiger partial charge in [0, 0.05) is 6.42 Å². The van der Waals surface area contributed by atoms with Crippen molar-refractivity contribution in [2.24, 2.45) is 0 Å². The Bertz CT molecular complexity index is 454. The Kier molecular flexibility index (Phi) is 7.99. The lowest BCUT2D eigenvalue weighted by Gasteiger charge is -2.12. The molecule has 0 saturated carbocycles. The molecule has 3 N–H and O–H groups in total. The van der Waals surface area contributed by atoms with Gasteiger partial charge in [0.1, 0.15) is 0 Å². The van der Waals surface area contributed by atoms with Crippen molar-refractivity contribution in [2.75, 3.05) is 5.32 Å². The number of carbonyl (C=O) groups is 1. The van der Waals surface area contributed by atoms with Crippen LogP contribution in [0, 0.1) is 0 Å². The molecule has 0 aliphatic rings. The molecule has 0 bridgehead atoms. The van der Waals surface area contributed by atoms with Gasteiger partial charge >= 0.3 is 0 Å². The third-order valence-electron chi connectivity index (χ3n) is 2.69. The molecule has 0 heterocycles. The third-order valence-corrected chi connectivity index (χ3v) is 3.23. The first-order chi connectivity index (χ1) is 9.63. The van der Waals surface area contributed by atoms with Crippen LogP contribution in [0.5, 0.6) is 0 Å². The van der Waals surface area contributed by atoms with Crippen LogP contribution in [-0.4, -0.2) is 11.0 Å². The monoisotopic (exact) mass is 313 g/mol. The number of halogens is 1. The van der Waals surface area contributed by atoms with Crippen LogP contribution in [0.15, 0.2) is 24.3 Å². The van der Waals surface area contributed by atoms with E-state index in [0.29, 0.717) is 22.2 Å². The SMILES string of the molecule is CCCCCCC(=O)NNC(=S)Nc1ccccc1Cl. The fourth-order valence-corrected chi connectivity index (χ4v) is 1.96. The van der Waals surface area contributed by atoms with E-state index < -0.39 is 0 Å². The highest BCUT2D eigenvalue weighted by molar-refractivity contribution is 7.80. The maximum atomic E-state index is 11.5. The van der Waals surface area contributed by atoms with Gasteiger partial charge in [-0.2, -0.15) is 0 Å². The molecule has 1 amide bonds. The first-order valence-corrected chi connectivity index (χ1v) is 7.52. The topological polar surface area (TPSA) is 53.2 Å². The number of hydrogen-bond donors (Lipinski definition) is 3. The van der Waals surface area contributed by atoms with Crippen LogP contribution in [0.3, 0.4) is 0 Å². The molecule has 0 fully saturated rings. The summed E-state index contributed by atoms with van der Waals surface area (Å²) in [6.45, 7) is 2.14. The smallest absolute Gasteiger partial charge is 0.238 e. The Morgan fingerprint density at radius 2 is 1.95 bits per heavy atom. The van der Waals surface area contributed by atoms with Crippen molar-refractivity contribution >= 4 is 40.5 Å². The van der Waals surface area contributed by atoms with Crippen LogP contribution in [0.25, 0.3) is 0 Å². The summed E-state index contributed by atoms with van der Waals surface area (Å²) in [5.74, 6) is -0.0654. The number of carbonyl (C=O) groups excluding carboxylic acids is 1. The predicted molar refractivity (Wildman–Crippen MR) is 87.7 cm³/mol. The predicted octanol–water partition coefficient (Wildman–Crippen LogP) is 3.63. The molecule has 1 aromatic rings. The summed E-state index contributed by atoms with van der Waals surface area (Å²) in [5.41, 5.74) is 5.92. The number of amides is 1. The van der Waals surface area contributed by atoms with E-state index in [1.165, 1.54) is 0 Å². The fourth-order valence-electron chi connectivity index (χ4n) is 1.62. The summed E-state index contributed by atoms with van der Waals surface area (Å²) in [6, 6.07) is 7.26. The number of anilines is 1. The van der Waals surface area contributed by atoms with Gasteiger partial charge in [-0.25, -0.2) is 0 Å². The van der Waals surface area contributed by atoms with Crippen molar-refractivity contribution in [3.05, 3.63) is 29.3 Å². The zero-order chi connectivity index (χ0) is 14.8. The lowest BCUT2D eigenvalue weighted by molar-refractivity contribution is -0.121. The summed E-state index contributed by atoms with van der Waals surface area (Å²) in [5, 5.41) is 3.79. The maximum absolute atomic E-state index is 11.5. The number of hydrazine groups is 1. The first kappa shape index (κ1) is 16.7. The molecule has 110 valence electrons. The van der Waals surface area contributed by atoms with Crippen LogP contribution in [-0.2, 0) is 4.79 Å². The Morgan fingerprint density at radius 3 is 2.65 bits per heavy atom. The summed E-state index contributed by atoms with van der Waals surface area (Å²) in [6.07, 6.45) is 4.79. The standard InChI is InChI=1S/C14H20ClN3OS/c1-2-3-4-5-10-13(19)17-18-14(20)16-12-9-7-6-8-11(12)15/h6-9H,2-5,10H2,1H3,(H,17,19)(H2,16,18,20). The van der Waals surface area contributed by atoms with E-state index in [1.807, 2.05) is 18.2 Å². The van der Waals surface area contributed by atoms with Crippen LogP contribution in [0.4, 0.5) is 5.69 Å². The second-order valence-electron chi connectivity index (χ2n) is 4.42. The lowest BCUT2D eigenvalue weighted by atomic mass is 10.1. The number of hydrogen-bond acceptors (Lipinski definition) is 2. The van der Waals surface area contributed by atoms with E-state index in [9.17, 15) is 4.79 Å². The molecule has 20 heavy (non-hydrogen) atoms. The molecule has 0 aromatic heterocycles. The Hall–Kier alpha value is -1.33. The van der Waals surface area contributed by atoms with Gasteiger partial charge in [-0.1, -0.05) is 49.9 Å². The van der Waals surface area contributed by atoms with Crippen LogP contribution in [0.2, 0.25) is 5.02 Å².